The fourth-order valence-electron chi connectivity index (χ4n) is 2.65. The zero-order chi connectivity index (χ0) is 19.6. The van der Waals surface area contributed by atoms with Crippen molar-refractivity contribution in [3.63, 3.8) is 0 Å². The molecule has 0 aromatic rings. The molecule has 26 heavy (non-hydrogen) atoms. The third-order valence-electron chi connectivity index (χ3n) is 4.24. The fraction of sp³-hybridized carbons (Fsp3) is 0.800. The number of carboxylic acid groups (broad SMARTS) is 1. The molecule has 0 aliphatic heterocycles. The van der Waals surface area contributed by atoms with E-state index < -0.39 is 12.1 Å². The largest absolute Gasteiger partial charge is 0.481 e. The minimum Gasteiger partial charge on any atom is -0.481 e. The van der Waals surface area contributed by atoms with Crippen molar-refractivity contribution in [2.24, 2.45) is 5.73 Å². The number of amides is 1. The van der Waals surface area contributed by atoms with E-state index in [0.29, 0.717) is 5.75 Å². The van der Waals surface area contributed by atoms with Gasteiger partial charge in [0.1, 0.15) is 0 Å². The second kappa shape index (κ2) is 17.4. The molecule has 0 bridgehead atoms. The zero-order valence-electron chi connectivity index (χ0n) is 16.2. The number of aliphatic hydroxyl groups excluding tert-OH is 1. The van der Waals surface area contributed by atoms with E-state index in [2.05, 4.69) is 13.0 Å². The van der Waals surface area contributed by atoms with Crippen molar-refractivity contribution in [1.82, 2.24) is 0 Å². The van der Waals surface area contributed by atoms with E-state index in [-0.39, 0.29) is 30.4 Å². The number of carboxylic acids is 1. The number of rotatable bonds is 18. The van der Waals surface area contributed by atoms with Gasteiger partial charge in [-0.3, -0.25) is 9.59 Å². The Morgan fingerprint density at radius 2 is 1.65 bits per heavy atom. The molecular formula is C20H37NO4S. The van der Waals surface area contributed by atoms with Gasteiger partial charge in [0.15, 0.2) is 0 Å². The highest BCUT2D eigenvalue weighted by molar-refractivity contribution is 8.00. The summed E-state index contributed by atoms with van der Waals surface area (Å²) in [6, 6.07) is 0. The van der Waals surface area contributed by atoms with E-state index in [1.165, 1.54) is 56.7 Å². The van der Waals surface area contributed by atoms with Gasteiger partial charge in [0.2, 0.25) is 5.91 Å². The number of nitrogens with two attached hydrogens (primary N) is 1. The van der Waals surface area contributed by atoms with E-state index in [1.807, 2.05) is 6.08 Å². The van der Waals surface area contributed by atoms with E-state index in [1.54, 1.807) is 0 Å². The number of aliphatic carboxylic acids is 1. The summed E-state index contributed by atoms with van der Waals surface area (Å²) in [5, 5.41) is 18.8. The number of aliphatic hydroxyl groups is 1. The summed E-state index contributed by atoms with van der Waals surface area (Å²) in [7, 11) is 0. The van der Waals surface area contributed by atoms with Crippen LogP contribution < -0.4 is 5.73 Å². The van der Waals surface area contributed by atoms with Crippen LogP contribution in [-0.2, 0) is 9.59 Å². The van der Waals surface area contributed by atoms with Crippen LogP contribution in [0.15, 0.2) is 12.2 Å². The van der Waals surface area contributed by atoms with Crippen molar-refractivity contribution in [3.05, 3.63) is 12.2 Å². The number of thioether (sulfide) groups is 1. The summed E-state index contributed by atoms with van der Waals surface area (Å²) in [4.78, 5) is 21.5. The Hall–Kier alpha value is -1.01. The van der Waals surface area contributed by atoms with Gasteiger partial charge in [0.05, 0.1) is 6.10 Å². The average Bonchev–Trinajstić information content (AvgIpc) is 2.59. The van der Waals surface area contributed by atoms with Crippen LogP contribution in [0.5, 0.6) is 0 Å². The van der Waals surface area contributed by atoms with E-state index in [0.717, 1.165) is 12.8 Å². The second-order valence-electron chi connectivity index (χ2n) is 6.74. The summed E-state index contributed by atoms with van der Waals surface area (Å²) in [6.07, 6.45) is 14.9. The van der Waals surface area contributed by atoms with Gasteiger partial charge in [-0.15, -0.1) is 0 Å². The van der Waals surface area contributed by atoms with Crippen molar-refractivity contribution in [2.45, 2.75) is 95.3 Å². The smallest absolute Gasteiger partial charge is 0.303 e. The van der Waals surface area contributed by atoms with E-state index in [4.69, 9.17) is 10.8 Å². The minimum atomic E-state index is -0.909. The Bertz CT molecular complexity index is 401. The van der Waals surface area contributed by atoms with Crippen molar-refractivity contribution in [1.29, 1.82) is 0 Å². The molecule has 0 rings (SSSR count). The predicted octanol–water partition coefficient (Wildman–Crippen LogP) is 4.28. The molecule has 2 unspecified atom stereocenters. The minimum absolute atomic E-state index is 0.0556. The van der Waals surface area contributed by atoms with Crippen LogP contribution in [0.1, 0.15) is 84.0 Å². The molecule has 0 heterocycles. The van der Waals surface area contributed by atoms with Crippen LogP contribution in [-0.4, -0.2) is 39.2 Å². The van der Waals surface area contributed by atoms with Gasteiger partial charge in [-0.05, 0) is 19.3 Å². The van der Waals surface area contributed by atoms with Crippen molar-refractivity contribution in [2.75, 3.05) is 5.75 Å². The van der Waals surface area contributed by atoms with Crippen LogP contribution >= 0.6 is 11.8 Å². The monoisotopic (exact) mass is 387 g/mol. The number of carbonyl (C=O) groups is 2. The molecular weight excluding hydrogens is 350 g/mol. The molecule has 0 aromatic carbocycles. The first-order valence-corrected chi connectivity index (χ1v) is 11.0. The lowest BCUT2D eigenvalue weighted by Crippen LogP contribution is -2.23. The number of hydrogen-bond donors (Lipinski definition) is 3. The van der Waals surface area contributed by atoms with Gasteiger partial charge in [0, 0.05) is 23.8 Å². The van der Waals surface area contributed by atoms with Gasteiger partial charge in [-0.1, -0.05) is 64.0 Å². The lowest BCUT2D eigenvalue weighted by Gasteiger charge is -2.18. The SMILES string of the molecule is CCCCCCCCCCC=CC(SCCC(N)=O)C(O)CCC(=O)O. The van der Waals surface area contributed by atoms with Gasteiger partial charge < -0.3 is 15.9 Å². The lowest BCUT2D eigenvalue weighted by atomic mass is 10.1. The first-order chi connectivity index (χ1) is 12.5. The molecule has 0 saturated heterocycles. The maximum absolute atomic E-state index is 10.9. The third-order valence-corrected chi connectivity index (χ3v) is 5.54. The summed E-state index contributed by atoms with van der Waals surface area (Å²) in [6.45, 7) is 2.23. The molecule has 152 valence electrons. The fourth-order valence-corrected chi connectivity index (χ4v) is 3.82. The molecule has 0 saturated carbocycles. The summed E-state index contributed by atoms with van der Waals surface area (Å²) >= 11 is 1.46. The van der Waals surface area contributed by atoms with Crippen LogP contribution in [0, 0.1) is 0 Å². The Balaban J connectivity index is 4.07. The van der Waals surface area contributed by atoms with Crippen molar-refractivity contribution >= 4 is 23.6 Å². The molecule has 0 spiro atoms. The molecule has 0 fully saturated rings. The number of carbonyl (C=O) groups excluding carboxylic acids is 1. The summed E-state index contributed by atoms with van der Waals surface area (Å²) < 4.78 is 0. The molecule has 0 aromatic heterocycles. The maximum Gasteiger partial charge on any atom is 0.303 e. The topological polar surface area (TPSA) is 101 Å². The number of allylic oxidation sites excluding steroid dienone is 1. The quantitative estimate of drug-likeness (QED) is 0.241. The predicted molar refractivity (Wildman–Crippen MR) is 109 cm³/mol. The maximum atomic E-state index is 10.9. The Kier molecular flexibility index (Phi) is 16.7. The molecule has 0 aliphatic carbocycles. The van der Waals surface area contributed by atoms with Gasteiger partial charge in [-0.2, -0.15) is 11.8 Å². The molecule has 5 nitrogen and oxygen atoms in total. The lowest BCUT2D eigenvalue weighted by molar-refractivity contribution is -0.137. The van der Waals surface area contributed by atoms with E-state index >= 15 is 0 Å². The Morgan fingerprint density at radius 3 is 2.23 bits per heavy atom. The van der Waals surface area contributed by atoms with Crippen molar-refractivity contribution < 1.29 is 19.8 Å². The number of hydrogen-bond acceptors (Lipinski definition) is 4. The zero-order valence-corrected chi connectivity index (χ0v) is 17.0. The van der Waals surface area contributed by atoms with Crippen LogP contribution in [0.25, 0.3) is 0 Å². The first-order valence-electron chi connectivity index (χ1n) is 9.93. The van der Waals surface area contributed by atoms with Crippen molar-refractivity contribution in [3.8, 4) is 0 Å². The first kappa shape index (κ1) is 25.0. The highest BCUT2D eigenvalue weighted by Crippen LogP contribution is 2.21. The molecule has 1 amide bonds. The molecule has 4 N–H and O–H groups in total. The van der Waals surface area contributed by atoms with Gasteiger partial charge in [0.25, 0.3) is 0 Å². The number of primary amides is 1. The number of unbranched alkanes of at least 4 members (excludes halogenated alkanes) is 8. The summed E-state index contributed by atoms with van der Waals surface area (Å²) in [5.41, 5.74) is 5.15. The molecule has 0 radical (unpaired) electrons. The van der Waals surface area contributed by atoms with E-state index in [9.17, 15) is 14.7 Å². The standard InChI is InChI=1S/C20H37NO4S/c1-2-3-4-5-6-7-8-9-10-11-12-18(26-16-15-19(21)23)17(22)13-14-20(24)25/h11-12,17-18,22H,2-10,13-16H2,1H3,(H2,21,23)(H,24,25). The molecule has 0 aliphatic rings. The normalized spacial score (nSPS) is 13.8. The van der Waals surface area contributed by atoms with Crippen LogP contribution in [0.2, 0.25) is 0 Å². The molecule has 6 heteroatoms. The summed E-state index contributed by atoms with van der Waals surface area (Å²) in [5.74, 6) is -0.737. The molecule has 2 atom stereocenters. The van der Waals surface area contributed by atoms with Gasteiger partial charge >= 0.3 is 5.97 Å². The van der Waals surface area contributed by atoms with Crippen LogP contribution in [0.3, 0.4) is 0 Å². The average molecular weight is 388 g/mol. The Morgan fingerprint density at radius 1 is 1.04 bits per heavy atom. The third kappa shape index (κ3) is 16.5. The second-order valence-corrected chi connectivity index (χ2v) is 8.03. The van der Waals surface area contributed by atoms with Crippen LogP contribution in [0.4, 0.5) is 0 Å². The highest BCUT2D eigenvalue weighted by atomic mass is 32.2. The highest BCUT2D eigenvalue weighted by Gasteiger charge is 2.18. The Labute approximate surface area is 162 Å². The van der Waals surface area contributed by atoms with Gasteiger partial charge in [-0.25, -0.2) is 0 Å².